The molecule has 0 saturated carbocycles. The summed E-state index contributed by atoms with van der Waals surface area (Å²) in [5, 5.41) is 1.04. The fraction of sp³-hybridized carbons (Fsp3) is 0.125. The number of sulfonamides is 1. The lowest BCUT2D eigenvalue weighted by molar-refractivity contribution is 0.321. The van der Waals surface area contributed by atoms with Gasteiger partial charge in [-0.1, -0.05) is 30.3 Å². The molecular formula is C16H16FNO3S. The molecule has 0 radical (unpaired) electrons. The van der Waals surface area contributed by atoms with E-state index < -0.39 is 15.8 Å². The molecule has 22 heavy (non-hydrogen) atoms. The molecule has 0 aliphatic carbocycles. The number of hydrogen-bond acceptors (Lipinski definition) is 3. The smallest absolute Gasteiger partial charge is 0.255 e. The lowest BCUT2D eigenvalue weighted by Crippen LogP contribution is -2.09. The summed E-state index contributed by atoms with van der Waals surface area (Å²) in [5.41, 5.74) is 0.893. The average molecular weight is 321 g/mol. The van der Waals surface area contributed by atoms with Gasteiger partial charge in [0.15, 0.2) is 11.6 Å². The van der Waals surface area contributed by atoms with Gasteiger partial charge in [0.1, 0.15) is 0 Å². The summed E-state index contributed by atoms with van der Waals surface area (Å²) < 4.78 is 44.9. The number of hydrogen-bond donors (Lipinski definition) is 1. The van der Waals surface area contributed by atoms with Crippen molar-refractivity contribution in [1.29, 1.82) is 0 Å². The standard InChI is InChI=1S/C16H16FNO3S/c1-2-21-16-9-8-14(12-15(16)17)18-22(19,20)11-10-13-6-4-3-5-7-13/h3-12,18H,2H2,1H3/b11-10+. The molecule has 0 aliphatic rings. The summed E-state index contributed by atoms with van der Waals surface area (Å²) in [4.78, 5) is 0. The first-order chi connectivity index (χ1) is 10.5. The van der Waals surface area contributed by atoms with Gasteiger partial charge in [0.05, 0.1) is 17.7 Å². The van der Waals surface area contributed by atoms with E-state index in [1.165, 1.54) is 18.2 Å². The van der Waals surface area contributed by atoms with Crippen LogP contribution in [0.15, 0.2) is 53.9 Å². The van der Waals surface area contributed by atoms with Gasteiger partial charge in [0, 0.05) is 6.07 Å². The first-order valence-electron chi connectivity index (χ1n) is 6.68. The summed E-state index contributed by atoms with van der Waals surface area (Å²) in [6.45, 7) is 2.08. The predicted octanol–water partition coefficient (Wildman–Crippen LogP) is 3.64. The fourth-order valence-electron chi connectivity index (χ4n) is 1.77. The van der Waals surface area contributed by atoms with Gasteiger partial charge in [0.2, 0.25) is 0 Å². The lowest BCUT2D eigenvalue weighted by atomic mass is 10.2. The van der Waals surface area contributed by atoms with E-state index in [1.807, 2.05) is 18.2 Å². The third-order valence-corrected chi connectivity index (χ3v) is 3.75. The second kappa shape index (κ2) is 7.09. The molecule has 2 aromatic rings. The van der Waals surface area contributed by atoms with Gasteiger partial charge >= 0.3 is 0 Å². The Kier molecular flexibility index (Phi) is 5.16. The van der Waals surface area contributed by atoms with Gasteiger partial charge in [-0.2, -0.15) is 0 Å². The maximum atomic E-state index is 13.7. The number of anilines is 1. The zero-order chi connectivity index (χ0) is 16.0. The second-order valence-corrected chi connectivity index (χ2v) is 6.01. The minimum Gasteiger partial charge on any atom is -0.491 e. The van der Waals surface area contributed by atoms with Crippen molar-refractivity contribution in [3.05, 3.63) is 65.3 Å². The molecule has 0 amide bonds. The number of rotatable bonds is 6. The summed E-state index contributed by atoms with van der Waals surface area (Å²) in [7, 11) is -3.71. The Morgan fingerprint density at radius 2 is 1.91 bits per heavy atom. The molecule has 2 aromatic carbocycles. The van der Waals surface area contributed by atoms with E-state index in [-0.39, 0.29) is 11.4 Å². The molecule has 0 fully saturated rings. The molecule has 0 heterocycles. The number of benzene rings is 2. The van der Waals surface area contributed by atoms with Crippen LogP contribution < -0.4 is 9.46 Å². The van der Waals surface area contributed by atoms with Crippen LogP contribution in [-0.2, 0) is 10.0 Å². The average Bonchev–Trinajstić information content (AvgIpc) is 2.49. The normalized spacial score (nSPS) is 11.5. The Morgan fingerprint density at radius 1 is 1.18 bits per heavy atom. The van der Waals surface area contributed by atoms with Crippen LogP contribution in [-0.4, -0.2) is 15.0 Å². The SMILES string of the molecule is CCOc1ccc(NS(=O)(=O)/C=C/c2ccccc2)cc1F. The molecule has 4 nitrogen and oxygen atoms in total. The molecule has 0 spiro atoms. The van der Waals surface area contributed by atoms with Crippen LogP contribution in [0.4, 0.5) is 10.1 Å². The van der Waals surface area contributed by atoms with Crippen molar-refractivity contribution in [3.63, 3.8) is 0 Å². The highest BCUT2D eigenvalue weighted by Gasteiger charge is 2.09. The van der Waals surface area contributed by atoms with E-state index in [0.717, 1.165) is 17.0 Å². The van der Waals surface area contributed by atoms with Gasteiger partial charge in [0.25, 0.3) is 10.0 Å². The van der Waals surface area contributed by atoms with Crippen molar-refractivity contribution in [2.45, 2.75) is 6.92 Å². The zero-order valence-corrected chi connectivity index (χ0v) is 12.8. The van der Waals surface area contributed by atoms with Crippen molar-refractivity contribution in [2.75, 3.05) is 11.3 Å². The van der Waals surface area contributed by atoms with E-state index in [0.29, 0.717) is 6.61 Å². The monoisotopic (exact) mass is 321 g/mol. The molecule has 0 saturated heterocycles. The molecule has 0 atom stereocenters. The van der Waals surface area contributed by atoms with Gasteiger partial charge in [-0.05, 0) is 30.7 Å². The molecule has 1 N–H and O–H groups in total. The number of halogens is 1. The Labute approximate surface area is 129 Å². The second-order valence-electron chi connectivity index (χ2n) is 4.44. The van der Waals surface area contributed by atoms with E-state index in [9.17, 15) is 12.8 Å². The first-order valence-corrected chi connectivity index (χ1v) is 8.23. The first kappa shape index (κ1) is 16.0. The third kappa shape index (κ3) is 4.60. The van der Waals surface area contributed by atoms with Crippen LogP contribution in [0.2, 0.25) is 0 Å². The summed E-state index contributed by atoms with van der Waals surface area (Å²) >= 11 is 0. The quantitative estimate of drug-likeness (QED) is 0.884. The number of ether oxygens (including phenoxy) is 1. The molecular weight excluding hydrogens is 305 g/mol. The molecule has 0 bridgehead atoms. The summed E-state index contributed by atoms with van der Waals surface area (Å²) in [6, 6.07) is 12.9. The van der Waals surface area contributed by atoms with Crippen LogP contribution in [0, 0.1) is 5.82 Å². The van der Waals surface area contributed by atoms with Gasteiger partial charge in [-0.3, -0.25) is 4.72 Å². The molecule has 2 rings (SSSR count). The highest BCUT2D eigenvalue weighted by atomic mass is 32.2. The Balaban J connectivity index is 2.12. The fourth-order valence-corrected chi connectivity index (χ4v) is 2.63. The van der Waals surface area contributed by atoms with E-state index in [4.69, 9.17) is 4.74 Å². The maximum absolute atomic E-state index is 13.7. The van der Waals surface area contributed by atoms with Gasteiger partial charge in [-0.15, -0.1) is 0 Å². The lowest BCUT2D eigenvalue weighted by Gasteiger charge is -2.08. The largest absolute Gasteiger partial charge is 0.491 e. The van der Waals surface area contributed by atoms with Crippen LogP contribution in [0.25, 0.3) is 6.08 Å². The van der Waals surface area contributed by atoms with Crippen LogP contribution in [0.1, 0.15) is 12.5 Å². The van der Waals surface area contributed by atoms with Crippen molar-refractivity contribution < 1.29 is 17.5 Å². The highest BCUT2D eigenvalue weighted by Crippen LogP contribution is 2.22. The Bertz CT molecular complexity index is 758. The molecule has 0 aromatic heterocycles. The molecule has 6 heteroatoms. The van der Waals surface area contributed by atoms with E-state index in [1.54, 1.807) is 19.1 Å². The van der Waals surface area contributed by atoms with Gasteiger partial charge in [-0.25, -0.2) is 12.8 Å². The van der Waals surface area contributed by atoms with Crippen molar-refractivity contribution in [1.82, 2.24) is 0 Å². The summed E-state index contributed by atoms with van der Waals surface area (Å²) in [6.07, 6.45) is 1.47. The summed E-state index contributed by atoms with van der Waals surface area (Å²) in [5.74, 6) is -0.528. The molecule has 0 unspecified atom stereocenters. The topological polar surface area (TPSA) is 55.4 Å². The van der Waals surface area contributed by atoms with Crippen LogP contribution >= 0.6 is 0 Å². The molecule has 0 aliphatic heterocycles. The van der Waals surface area contributed by atoms with Crippen molar-refractivity contribution in [3.8, 4) is 5.75 Å². The van der Waals surface area contributed by atoms with Crippen molar-refractivity contribution in [2.24, 2.45) is 0 Å². The molecule has 116 valence electrons. The van der Waals surface area contributed by atoms with Gasteiger partial charge < -0.3 is 4.74 Å². The van der Waals surface area contributed by atoms with Crippen LogP contribution in [0.3, 0.4) is 0 Å². The maximum Gasteiger partial charge on any atom is 0.255 e. The Morgan fingerprint density at radius 3 is 2.55 bits per heavy atom. The van der Waals surface area contributed by atoms with Crippen molar-refractivity contribution >= 4 is 21.8 Å². The third-order valence-electron chi connectivity index (χ3n) is 2.73. The minimum absolute atomic E-state index is 0.0882. The number of nitrogens with one attached hydrogen (secondary N) is 1. The van der Waals surface area contributed by atoms with Crippen LogP contribution in [0.5, 0.6) is 5.75 Å². The highest BCUT2D eigenvalue weighted by molar-refractivity contribution is 7.95. The van der Waals surface area contributed by atoms with E-state index >= 15 is 0 Å². The predicted molar refractivity (Wildman–Crippen MR) is 85.6 cm³/mol. The Hall–Kier alpha value is -2.34. The van der Waals surface area contributed by atoms with E-state index in [2.05, 4.69) is 4.72 Å². The minimum atomic E-state index is -3.71. The zero-order valence-electron chi connectivity index (χ0n) is 12.0.